The number of nitrogens with one attached hydrogen (secondary N) is 1. The van der Waals surface area contributed by atoms with Crippen molar-refractivity contribution in [2.45, 2.75) is 38.6 Å². The molecule has 2 aliphatic rings. The van der Waals surface area contributed by atoms with Gasteiger partial charge in [0.25, 0.3) is 5.91 Å². The summed E-state index contributed by atoms with van der Waals surface area (Å²) in [5, 5.41) is 7.79. The van der Waals surface area contributed by atoms with Crippen molar-refractivity contribution in [3.8, 4) is 5.69 Å². The van der Waals surface area contributed by atoms with Crippen LogP contribution in [0.4, 0.5) is 10.1 Å². The number of aromatic nitrogens is 3. The Hall–Kier alpha value is -3.98. The second-order valence-corrected chi connectivity index (χ2v) is 11.3. The summed E-state index contributed by atoms with van der Waals surface area (Å²) in [5.74, 6) is -0.398. The number of pyridine rings is 1. The molecule has 1 spiro atoms. The molecule has 0 radical (unpaired) electrons. The van der Waals surface area contributed by atoms with Crippen molar-refractivity contribution in [1.82, 2.24) is 25.0 Å². The van der Waals surface area contributed by atoms with Crippen molar-refractivity contribution in [2.24, 2.45) is 5.92 Å². The van der Waals surface area contributed by atoms with Gasteiger partial charge in [0, 0.05) is 24.8 Å². The van der Waals surface area contributed by atoms with Crippen LogP contribution < -0.4 is 10.2 Å². The standard InChI is InChI=1S/C30H30ClFN6O2/c1-19(2)16-25-27-26(38(35-25)21-8-9-22(31)23(32)17-21)11-10-24(34-27)28(39)36-14-12-30(13-15-36)29(40)33-18-37(30)20-6-4-3-5-7-20/h3-11,17,19H,12-16,18H2,1-2H3,(H,33,40). The van der Waals surface area contributed by atoms with Gasteiger partial charge in [0.1, 0.15) is 22.6 Å². The summed E-state index contributed by atoms with van der Waals surface area (Å²) in [6, 6.07) is 17.9. The number of halogens is 2. The van der Waals surface area contributed by atoms with E-state index < -0.39 is 11.4 Å². The van der Waals surface area contributed by atoms with Crippen LogP contribution in [0.1, 0.15) is 42.9 Å². The molecule has 0 bridgehead atoms. The Balaban J connectivity index is 1.28. The molecule has 206 valence electrons. The molecule has 4 heterocycles. The van der Waals surface area contributed by atoms with Gasteiger partial charge in [0.15, 0.2) is 0 Å². The molecule has 10 heteroatoms. The predicted octanol–water partition coefficient (Wildman–Crippen LogP) is 4.98. The number of hydrogen-bond acceptors (Lipinski definition) is 5. The van der Waals surface area contributed by atoms with E-state index in [1.807, 2.05) is 36.4 Å². The number of carbonyl (C=O) groups is 2. The summed E-state index contributed by atoms with van der Waals surface area (Å²) in [6.07, 6.45) is 1.71. The number of likely N-dealkylation sites (tertiary alicyclic amines) is 1. The van der Waals surface area contributed by atoms with Crippen LogP contribution in [0.5, 0.6) is 0 Å². The third kappa shape index (κ3) is 4.48. The number of piperidine rings is 1. The van der Waals surface area contributed by atoms with Crippen molar-refractivity contribution in [2.75, 3.05) is 24.7 Å². The highest BCUT2D eigenvalue weighted by Gasteiger charge is 2.50. The number of carbonyl (C=O) groups excluding carboxylic acids is 2. The van der Waals surface area contributed by atoms with Crippen LogP contribution in [0.3, 0.4) is 0 Å². The highest BCUT2D eigenvalue weighted by Crippen LogP contribution is 2.36. The lowest BCUT2D eigenvalue weighted by molar-refractivity contribution is -0.124. The molecule has 0 saturated carbocycles. The zero-order chi connectivity index (χ0) is 28.0. The second-order valence-electron chi connectivity index (χ2n) is 10.9. The summed E-state index contributed by atoms with van der Waals surface area (Å²) in [4.78, 5) is 35.3. The van der Waals surface area contributed by atoms with Gasteiger partial charge in [-0.2, -0.15) is 5.10 Å². The van der Waals surface area contributed by atoms with Gasteiger partial charge in [0.05, 0.1) is 28.6 Å². The van der Waals surface area contributed by atoms with Gasteiger partial charge in [-0.25, -0.2) is 14.1 Å². The minimum absolute atomic E-state index is 0.00683. The third-order valence-corrected chi connectivity index (χ3v) is 8.15. The van der Waals surface area contributed by atoms with Gasteiger partial charge < -0.3 is 15.1 Å². The Bertz CT molecular complexity index is 1600. The molecular formula is C30H30ClFN6O2. The SMILES string of the molecule is CC(C)Cc1nn(-c2ccc(Cl)c(F)c2)c2ccc(C(=O)N3CCC4(CC3)C(=O)NCN4c3ccccc3)nc12. The van der Waals surface area contributed by atoms with E-state index in [0.29, 0.717) is 67.4 Å². The van der Waals surface area contributed by atoms with Crippen LogP contribution in [-0.2, 0) is 11.2 Å². The molecule has 2 saturated heterocycles. The normalized spacial score (nSPS) is 16.8. The van der Waals surface area contributed by atoms with E-state index in [1.165, 1.54) is 12.1 Å². The summed E-state index contributed by atoms with van der Waals surface area (Å²) < 4.78 is 15.9. The minimum atomic E-state index is -0.672. The Kier molecular flexibility index (Phi) is 6.70. The lowest BCUT2D eigenvalue weighted by atomic mass is 9.85. The van der Waals surface area contributed by atoms with Crippen LogP contribution in [0.25, 0.3) is 16.7 Å². The van der Waals surface area contributed by atoms with E-state index in [9.17, 15) is 14.0 Å². The summed E-state index contributed by atoms with van der Waals surface area (Å²) >= 11 is 5.89. The number of rotatable bonds is 5. The number of hydrogen-bond donors (Lipinski definition) is 1. The molecule has 2 aromatic carbocycles. The molecule has 6 rings (SSSR count). The van der Waals surface area contributed by atoms with Crippen molar-refractivity contribution in [1.29, 1.82) is 0 Å². The Morgan fingerprint density at radius 2 is 1.82 bits per heavy atom. The number of anilines is 1. The van der Waals surface area contributed by atoms with E-state index in [2.05, 4.69) is 24.1 Å². The molecule has 2 fully saturated rings. The predicted molar refractivity (Wildman–Crippen MR) is 152 cm³/mol. The van der Waals surface area contributed by atoms with Crippen molar-refractivity contribution < 1.29 is 14.0 Å². The molecule has 0 unspecified atom stereocenters. The van der Waals surface area contributed by atoms with Crippen LogP contribution >= 0.6 is 11.6 Å². The smallest absolute Gasteiger partial charge is 0.272 e. The van der Waals surface area contributed by atoms with Crippen LogP contribution in [-0.4, -0.2) is 56.8 Å². The van der Waals surface area contributed by atoms with E-state index in [0.717, 1.165) is 11.4 Å². The van der Waals surface area contributed by atoms with Crippen LogP contribution in [0.15, 0.2) is 60.7 Å². The number of amides is 2. The zero-order valence-electron chi connectivity index (χ0n) is 22.4. The maximum atomic E-state index is 14.2. The first kappa shape index (κ1) is 26.3. The van der Waals surface area contributed by atoms with Gasteiger partial charge in [0.2, 0.25) is 5.91 Å². The molecule has 0 aliphatic carbocycles. The average molecular weight is 561 g/mol. The lowest BCUT2D eigenvalue weighted by Gasteiger charge is -2.43. The molecule has 2 amide bonds. The Labute approximate surface area is 236 Å². The van der Waals surface area contributed by atoms with Gasteiger partial charge in [-0.05, 0) is 61.6 Å². The largest absolute Gasteiger partial charge is 0.339 e. The van der Waals surface area contributed by atoms with E-state index >= 15 is 0 Å². The van der Waals surface area contributed by atoms with Crippen molar-refractivity contribution >= 4 is 40.1 Å². The fourth-order valence-electron chi connectivity index (χ4n) is 5.79. The lowest BCUT2D eigenvalue weighted by Crippen LogP contribution is -2.57. The number of fused-ring (bicyclic) bond motifs is 1. The van der Waals surface area contributed by atoms with Gasteiger partial charge in [-0.1, -0.05) is 43.6 Å². The fraction of sp³-hybridized carbons (Fsp3) is 0.333. The highest BCUT2D eigenvalue weighted by atomic mass is 35.5. The first-order valence-electron chi connectivity index (χ1n) is 13.5. The summed E-state index contributed by atoms with van der Waals surface area (Å²) in [6.45, 7) is 5.51. The molecule has 2 aromatic heterocycles. The van der Waals surface area contributed by atoms with Crippen LogP contribution in [0, 0.1) is 11.7 Å². The fourth-order valence-corrected chi connectivity index (χ4v) is 5.91. The molecule has 40 heavy (non-hydrogen) atoms. The van der Waals surface area contributed by atoms with Gasteiger partial charge >= 0.3 is 0 Å². The quantitative estimate of drug-likeness (QED) is 0.372. The van der Waals surface area contributed by atoms with E-state index in [1.54, 1.807) is 21.7 Å². The molecule has 1 N–H and O–H groups in total. The van der Waals surface area contributed by atoms with Crippen LogP contribution in [0.2, 0.25) is 5.02 Å². The first-order chi connectivity index (χ1) is 19.3. The van der Waals surface area contributed by atoms with E-state index in [-0.39, 0.29) is 16.8 Å². The maximum absolute atomic E-state index is 14.2. The summed E-state index contributed by atoms with van der Waals surface area (Å²) in [7, 11) is 0. The zero-order valence-corrected chi connectivity index (χ0v) is 23.2. The molecule has 4 aromatic rings. The van der Waals surface area contributed by atoms with Crippen molar-refractivity contribution in [3.63, 3.8) is 0 Å². The molecule has 0 atom stereocenters. The number of para-hydroxylation sites is 1. The van der Waals surface area contributed by atoms with Crippen molar-refractivity contribution in [3.05, 3.63) is 82.9 Å². The number of nitrogens with zero attached hydrogens (tertiary/aromatic N) is 5. The van der Waals surface area contributed by atoms with E-state index in [4.69, 9.17) is 21.7 Å². The third-order valence-electron chi connectivity index (χ3n) is 7.85. The molecule has 8 nitrogen and oxygen atoms in total. The topological polar surface area (TPSA) is 83.4 Å². The average Bonchev–Trinajstić information content (AvgIpc) is 3.47. The maximum Gasteiger partial charge on any atom is 0.272 e. The van der Waals surface area contributed by atoms with Gasteiger partial charge in [-0.15, -0.1) is 0 Å². The summed E-state index contributed by atoms with van der Waals surface area (Å²) in [5.41, 5.74) is 3.22. The second kappa shape index (κ2) is 10.2. The Morgan fingerprint density at radius 3 is 2.52 bits per heavy atom. The number of benzene rings is 2. The first-order valence-corrected chi connectivity index (χ1v) is 13.9. The monoisotopic (exact) mass is 560 g/mol. The molecular weight excluding hydrogens is 531 g/mol. The molecule has 2 aliphatic heterocycles. The minimum Gasteiger partial charge on any atom is -0.339 e. The van der Waals surface area contributed by atoms with Gasteiger partial charge in [-0.3, -0.25) is 9.59 Å². The Morgan fingerprint density at radius 1 is 1.07 bits per heavy atom. The highest BCUT2D eigenvalue weighted by molar-refractivity contribution is 6.30.